The molecule has 0 aliphatic heterocycles. The quantitative estimate of drug-likeness (QED) is 0.582. The van der Waals surface area contributed by atoms with Crippen molar-refractivity contribution in [3.63, 3.8) is 0 Å². The lowest BCUT2D eigenvalue weighted by molar-refractivity contribution is 0.00123. The van der Waals surface area contributed by atoms with Gasteiger partial charge in [-0.05, 0) is 54.4 Å². The highest BCUT2D eigenvalue weighted by molar-refractivity contribution is 5.88. The van der Waals surface area contributed by atoms with Gasteiger partial charge in [0.1, 0.15) is 11.2 Å². The summed E-state index contributed by atoms with van der Waals surface area (Å²) in [6.07, 6.45) is 5.75. The minimum atomic E-state index is -0.697. The van der Waals surface area contributed by atoms with Crippen molar-refractivity contribution >= 4 is 12.2 Å². The van der Waals surface area contributed by atoms with Gasteiger partial charge in [-0.15, -0.1) is 12.3 Å². The van der Waals surface area contributed by atoms with Crippen LogP contribution in [0.15, 0.2) is 0 Å². The average molecular weight is 297 g/mol. The van der Waals surface area contributed by atoms with Gasteiger partial charge in [-0.3, -0.25) is 0 Å². The number of amides is 2. The Kier molecular flexibility index (Phi) is 7.28. The molecule has 0 bridgehead atoms. The van der Waals surface area contributed by atoms with Crippen molar-refractivity contribution in [2.75, 3.05) is 6.54 Å². The maximum atomic E-state index is 12.1. The molecule has 0 aromatic carbocycles. The zero-order chi connectivity index (χ0) is 16.7. The molecule has 0 rings (SSSR count). The normalized spacial score (nSPS) is 11.5. The van der Waals surface area contributed by atoms with Crippen LogP contribution in [0.2, 0.25) is 0 Å². The molecule has 5 heteroatoms. The van der Waals surface area contributed by atoms with E-state index in [1.807, 2.05) is 0 Å². The van der Waals surface area contributed by atoms with E-state index in [4.69, 9.17) is 15.9 Å². The molecule has 0 aliphatic carbocycles. The molecule has 0 unspecified atom stereocenters. The summed E-state index contributed by atoms with van der Waals surface area (Å²) in [5.74, 6) is 2.53. The Morgan fingerprint density at radius 3 is 1.71 bits per heavy atom. The lowest BCUT2D eigenvalue weighted by Gasteiger charge is -2.28. The van der Waals surface area contributed by atoms with E-state index in [1.54, 1.807) is 41.5 Å². The molecular weight excluding hydrogens is 270 g/mol. The summed E-state index contributed by atoms with van der Waals surface area (Å²) in [4.78, 5) is 25.2. The van der Waals surface area contributed by atoms with Crippen molar-refractivity contribution in [2.45, 2.75) is 72.0 Å². The fraction of sp³-hybridized carbons (Fsp3) is 0.750. The van der Waals surface area contributed by atoms with Crippen LogP contribution in [0.1, 0.15) is 60.8 Å². The van der Waals surface area contributed by atoms with Gasteiger partial charge in [0.15, 0.2) is 0 Å². The smallest absolute Gasteiger partial charge is 0.419 e. The Labute approximate surface area is 128 Å². The number of imide groups is 1. The predicted molar refractivity (Wildman–Crippen MR) is 81.9 cm³/mol. The number of hydrogen-bond donors (Lipinski definition) is 0. The summed E-state index contributed by atoms with van der Waals surface area (Å²) in [6.45, 7) is 10.7. The van der Waals surface area contributed by atoms with Crippen molar-refractivity contribution in [1.82, 2.24) is 4.90 Å². The van der Waals surface area contributed by atoms with Crippen LogP contribution < -0.4 is 0 Å². The maximum absolute atomic E-state index is 12.1. The van der Waals surface area contributed by atoms with Gasteiger partial charge >= 0.3 is 12.2 Å². The lowest BCUT2D eigenvalue weighted by atomic mass is 10.2. The Hall–Kier alpha value is -1.70. The summed E-state index contributed by atoms with van der Waals surface area (Å²) in [5, 5.41) is 0. The van der Waals surface area contributed by atoms with Crippen LogP contribution in [-0.2, 0) is 9.47 Å². The number of hydrogen-bond acceptors (Lipinski definition) is 4. The summed E-state index contributed by atoms with van der Waals surface area (Å²) in [7, 11) is 0. The fourth-order valence-corrected chi connectivity index (χ4v) is 1.39. The molecule has 0 atom stereocenters. The molecule has 0 saturated carbocycles. The van der Waals surface area contributed by atoms with Gasteiger partial charge in [-0.1, -0.05) is 0 Å². The van der Waals surface area contributed by atoms with E-state index in [-0.39, 0.29) is 6.54 Å². The predicted octanol–water partition coefficient (Wildman–Crippen LogP) is 3.96. The Morgan fingerprint density at radius 1 is 0.952 bits per heavy atom. The van der Waals surface area contributed by atoms with Crippen LogP contribution in [0.5, 0.6) is 0 Å². The molecule has 0 heterocycles. The average Bonchev–Trinajstić information content (AvgIpc) is 2.23. The Bertz CT molecular complexity index is 368. The van der Waals surface area contributed by atoms with E-state index in [2.05, 4.69) is 5.92 Å². The number of rotatable bonds is 4. The third-order valence-corrected chi connectivity index (χ3v) is 2.18. The summed E-state index contributed by atoms with van der Waals surface area (Å²) < 4.78 is 10.5. The summed E-state index contributed by atoms with van der Waals surface area (Å²) in [6, 6.07) is 0. The standard InChI is InChI=1S/C16H27NO4/c1-8-9-10-11-12-17(13(18)20-15(2,3)4)14(19)21-16(5,6)7/h1H,9-12H2,2-7H3. The van der Waals surface area contributed by atoms with Gasteiger partial charge in [0.2, 0.25) is 0 Å². The molecule has 0 aliphatic rings. The Balaban J connectivity index is 4.80. The molecule has 0 aromatic rings. The van der Waals surface area contributed by atoms with Crippen molar-refractivity contribution in [2.24, 2.45) is 0 Å². The second kappa shape index (κ2) is 7.92. The van der Waals surface area contributed by atoms with Crippen LogP contribution in [0.25, 0.3) is 0 Å². The molecule has 2 amide bonds. The molecule has 5 nitrogen and oxygen atoms in total. The van der Waals surface area contributed by atoms with Crippen molar-refractivity contribution in [3.05, 3.63) is 0 Å². The van der Waals surface area contributed by atoms with E-state index in [1.165, 1.54) is 0 Å². The van der Waals surface area contributed by atoms with Gasteiger partial charge in [0, 0.05) is 13.0 Å². The first-order chi connectivity index (χ1) is 9.46. The highest BCUT2D eigenvalue weighted by atomic mass is 16.6. The SMILES string of the molecule is C#CCCCCN(C(=O)OC(C)(C)C)C(=O)OC(C)(C)C. The third-order valence-electron chi connectivity index (χ3n) is 2.18. The second-order valence-corrected chi connectivity index (χ2v) is 6.77. The van der Waals surface area contributed by atoms with Crippen molar-refractivity contribution in [1.29, 1.82) is 0 Å². The van der Waals surface area contributed by atoms with Crippen molar-refractivity contribution in [3.8, 4) is 12.3 Å². The van der Waals surface area contributed by atoms with E-state index in [0.29, 0.717) is 12.8 Å². The largest absolute Gasteiger partial charge is 0.443 e. The van der Waals surface area contributed by atoms with Gasteiger partial charge in [0.25, 0.3) is 0 Å². The first-order valence-electron chi connectivity index (χ1n) is 7.13. The van der Waals surface area contributed by atoms with Crippen LogP contribution in [-0.4, -0.2) is 34.8 Å². The topological polar surface area (TPSA) is 55.8 Å². The number of ether oxygens (including phenoxy) is 2. The van der Waals surface area contributed by atoms with E-state index in [0.717, 1.165) is 11.3 Å². The van der Waals surface area contributed by atoms with Crippen LogP contribution in [0, 0.1) is 12.3 Å². The number of terminal acetylenes is 1. The maximum Gasteiger partial charge on any atom is 0.419 e. The van der Waals surface area contributed by atoms with Crippen molar-refractivity contribution < 1.29 is 19.1 Å². The monoisotopic (exact) mass is 297 g/mol. The third kappa shape index (κ3) is 9.78. The number of unbranched alkanes of at least 4 members (excludes halogenated alkanes) is 2. The fourth-order valence-electron chi connectivity index (χ4n) is 1.39. The van der Waals surface area contributed by atoms with Crippen LogP contribution in [0.4, 0.5) is 9.59 Å². The zero-order valence-electron chi connectivity index (χ0n) is 14.0. The lowest BCUT2D eigenvalue weighted by Crippen LogP contribution is -2.44. The van der Waals surface area contributed by atoms with Gasteiger partial charge in [0.05, 0.1) is 0 Å². The molecule has 0 radical (unpaired) electrons. The molecular formula is C16H27NO4. The highest BCUT2D eigenvalue weighted by Gasteiger charge is 2.30. The minimum absolute atomic E-state index is 0.228. The molecule has 21 heavy (non-hydrogen) atoms. The van der Waals surface area contributed by atoms with E-state index in [9.17, 15) is 9.59 Å². The summed E-state index contributed by atoms with van der Waals surface area (Å²) >= 11 is 0. The first kappa shape index (κ1) is 19.3. The number of nitrogens with zero attached hydrogens (tertiary/aromatic N) is 1. The highest BCUT2D eigenvalue weighted by Crippen LogP contribution is 2.15. The first-order valence-corrected chi connectivity index (χ1v) is 7.13. The number of carbonyl (C=O) groups excluding carboxylic acids is 2. The molecule has 0 aromatic heterocycles. The second-order valence-electron chi connectivity index (χ2n) is 6.77. The van der Waals surface area contributed by atoms with Gasteiger partial charge in [-0.25, -0.2) is 14.5 Å². The Morgan fingerprint density at radius 2 is 1.38 bits per heavy atom. The molecule has 0 spiro atoms. The van der Waals surface area contributed by atoms with E-state index < -0.39 is 23.4 Å². The minimum Gasteiger partial charge on any atom is -0.443 e. The zero-order valence-corrected chi connectivity index (χ0v) is 14.0. The van der Waals surface area contributed by atoms with Crippen LogP contribution in [0.3, 0.4) is 0 Å². The molecule has 0 saturated heterocycles. The van der Waals surface area contributed by atoms with Gasteiger partial charge in [-0.2, -0.15) is 0 Å². The van der Waals surface area contributed by atoms with Crippen LogP contribution >= 0.6 is 0 Å². The van der Waals surface area contributed by atoms with E-state index >= 15 is 0 Å². The molecule has 0 N–H and O–H groups in total. The number of carbonyl (C=O) groups is 2. The van der Waals surface area contributed by atoms with Gasteiger partial charge < -0.3 is 9.47 Å². The molecule has 0 fully saturated rings. The molecule has 120 valence electrons. The summed E-state index contributed by atoms with van der Waals surface area (Å²) in [5.41, 5.74) is -1.34.